The van der Waals surface area contributed by atoms with Crippen molar-refractivity contribution in [3.8, 4) is 11.5 Å². The first-order valence-electron chi connectivity index (χ1n) is 12.2. The van der Waals surface area contributed by atoms with Crippen LogP contribution in [0.3, 0.4) is 0 Å². The van der Waals surface area contributed by atoms with Crippen molar-refractivity contribution in [2.75, 3.05) is 51.2 Å². The number of hydrogen-bond acceptors (Lipinski definition) is 7. The Kier molecular flexibility index (Phi) is 8.48. The molecule has 0 spiro atoms. The predicted octanol–water partition coefficient (Wildman–Crippen LogP) is 2.74. The summed E-state index contributed by atoms with van der Waals surface area (Å²) in [4.78, 5) is 15.1. The van der Waals surface area contributed by atoms with Crippen LogP contribution in [0.15, 0.2) is 82.6 Å². The zero-order chi connectivity index (χ0) is 28.2. The van der Waals surface area contributed by atoms with Gasteiger partial charge in [0.2, 0.25) is 15.9 Å². The van der Waals surface area contributed by atoms with E-state index >= 15 is 0 Å². The van der Waals surface area contributed by atoms with Crippen LogP contribution < -0.4 is 13.8 Å². The molecule has 0 aliphatic carbocycles. The minimum absolute atomic E-state index is 0.0176. The number of ether oxygens (including phenoxy) is 2. The lowest BCUT2D eigenvalue weighted by atomic mass is 10.2. The monoisotopic (exact) mass is 573 g/mol. The van der Waals surface area contributed by atoms with E-state index in [4.69, 9.17) is 9.47 Å². The van der Waals surface area contributed by atoms with Crippen molar-refractivity contribution >= 4 is 31.6 Å². The van der Waals surface area contributed by atoms with Crippen LogP contribution in [0, 0.1) is 6.92 Å². The molecule has 3 aromatic rings. The Morgan fingerprint density at radius 2 is 1.38 bits per heavy atom. The Labute approximate surface area is 229 Å². The molecule has 0 bridgehead atoms. The number of para-hydroxylation sites is 2. The van der Waals surface area contributed by atoms with Crippen LogP contribution in [0.2, 0.25) is 0 Å². The van der Waals surface area contributed by atoms with Crippen LogP contribution in [0.4, 0.5) is 5.69 Å². The molecule has 1 aliphatic rings. The topological polar surface area (TPSA) is 114 Å². The quantitative estimate of drug-likeness (QED) is 0.387. The smallest absolute Gasteiger partial charge is 0.264 e. The van der Waals surface area contributed by atoms with E-state index in [0.717, 1.165) is 9.87 Å². The van der Waals surface area contributed by atoms with E-state index < -0.39 is 32.5 Å². The number of carbonyl (C=O) groups is 1. The summed E-state index contributed by atoms with van der Waals surface area (Å²) in [7, 11) is -4.98. The third-order valence-electron chi connectivity index (χ3n) is 6.53. The second kappa shape index (κ2) is 11.6. The summed E-state index contributed by atoms with van der Waals surface area (Å²) in [5, 5.41) is 0. The molecule has 39 heavy (non-hydrogen) atoms. The van der Waals surface area contributed by atoms with Crippen molar-refractivity contribution in [1.82, 2.24) is 9.21 Å². The van der Waals surface area contributed by atoms with Gasteiger partial charge in [-0.25, -0.2) is 16.8 Å². The van der Waals surface area contributed by atoms with Gasteiger partial charge in [-0.2, -0.15) is 4.31 Å². The van der Waals surface area contributed by atoms with Crippen molar-refractivity contribution < 1.29 is 31.1 Å². The maximum Gasteiger partial charge on any atom is 0.264 e. The number of sulfonamides is 2. The van der Waals surface area contributed by atoms with E-state index in [1.807, 2.05) is 6.92 Å². The lowest BCUT2D eigenvalue weighted by Crippen LogP contribution is -2.53. The van der Waals surface area contributed by atoms with Crippen LogP contribution in [0.5, 0.6) is 11.5 Å². The average Bonchev–Trinajstić information content (AvgIpc) is 2.96. The summed E-state index contributed by atoms with van der Waals surface area (Å²) >= 11 is 0. The molecule has 1 amide bonds. The number of amides is 1. The molecule has 4 rings (SSSR count). The van der Waals surface area contributed by atoms with Gasteiger partial charge >= 0.3 is 0 Å². The number of anilines is 1. The van der Waals surface area contributed by atoms with E-state index in [1.54, 1.807) is 48.5 Å². The van der Waals surface area contributed by atoms with E-state index in [-0.39, 0.29) is 47.4 Å². The standard InChI is InChI=1S/C27H31N3O7S2/c1-21-8-12-23(13-9-21)38(32,33)29-18-16-28(17-19-29)27(31)20-30(25-6-4-5-7-26(25)37-3)39(34,35)24-14-10-22(36-2)11-15-24/h4-15H,16-20H2,1-3H3. The van der Waals surface area contributed by atoms with Crippen molar-refractivity contribution in [1.29, 1.82) is 0 Å². The minimum atomic E-state index is -4.18. The molecule has 1 heterocycles. The predicted molar refractivity (Wildman–Crippen MR) is 147 cm³/mol. The Hall–Kier alpha value is -3.61. The third-order valence-corrected chi connectivity index (χ3v) is 10.2. The van der Waals surface area contributed by atoms with Crippen molar-refractivity contribution in [2.24, 2.45) is 0 Å². The Morgan fingerprint density at radius 3 is 1.97 bits per heavy atom. The molecule has 0 N–H and O–H groups in total. The number of nitrogens with zero attached hydrogens (tertiary/aromatic N) is 3. The second-order valence-corrected chi connectivity index (χ2v) is 12.8. The highest BCUT2D eigenvalue weighted by Crippen LogP contribution is 2.33. The lowest BCUT2D eigenvalue weighted by Gasteiger charge is -2.35. The molecular formula is C27H31N3O7S2. The van der Waals surface area contributed by atoms with Crippen LogP contribution in [-0.4, -0.2) is 78.9 Å². The van der Waals surface area contributed by atoms with Gasteiger partial charge in [0.1, 0.15) is 18.0 Å². The normalized spacial score (nSPS) is 14.6. The van der Waals surface area contributed by atoms with E-state index in [1.165, 1.54) is 47.7 Å². The van der Waals surface area contributed by atoms with Gasteiger partial charge in [-0.15, -0.1) is 0 Å². The zero-order valence-corrected chi connectivity index (χ0v) is 23.6. The van der Waals surface area contributed by atoms with E-state index in [9.17, 15) is 21.6 Å². The summed E-state index contributed by atoms with van der Waals surface area (Å²) in [5.74, 6) is 0.328. The van der Waals surface area contributed by atoms with Gasteiger partial charge in [-0.1, -0.05) is 29.8 Å². The third kappa shape index (κ3) is 6.02. The van der Waals surface area contributed by atoms with Crippen LogP contribution in [0.25, 0.3) is 0 Å². The van der Waals surface area contributed by atoms with Crippen molar-refractivity contribution in [3.05, 3.63) is 78.4 Å². The SMILES string of the molecule is COc1ccc(S(=O)(=O)N(CC(=O)N2CCN(S(=O)(=O)c3ccc(C)cc3)CC2)c2ccccc2OC)cc1. The number of rotatable bonds is 9. The molecule has 3 aromatic carbocycles. The number of piperazine rings is 1. The van der Waals surface area contributed by atoms with Gasteiger partial charge in [0.25, 0.3) is 10.0 Å². The van der Waals surface area contributed by atoms with Crippen LogP contribution >= 0.6 is 0 Å². The molecule has 12 heteroatoms. The molecule has 1 saturated heterocycles. The summed E-state index contributed by atoms with van der Waals surface area (Å²) in [6.07, 6.45) is 0. The Bertz CT molecular complexity index is 1520. The fourth-order valence-corrected chi connectivity index (χ4v) is 7.12. The first-order valence-corrected chi connectivity index (χ1v) is 15.1. The summed E-state index contributed by atoms with van der Waals surface area (Å²) in [6.45, 7) is 1.85. The molecule has 10 nitrogen and oxygen atoms in total. The Morgan fingerprint density at radius 1 is 0.795 bits per heavy atom. The highest BCUT2D eigenvalue weighted by Gasteiger charge is 2.34. The summed E-state index contributed by atoms with van der Waals surface area (Å²) in [6, 6.07) is 19.0. The highest BCUT2D eigenvalue weighted by molar-refractivity contribution is 7.93. The maximum absolute atomic E-state index is 13.8. The van der Waals surface area contributed by atoms with Gasteiger partial charge in [-0.05, 0) is 55.5 Å². The molecule has 0 atom stereocenters. The molecule has 0 aromatic heterocycles. The first-order chi connectivity index (χ1) is 18.6. The number of aryl methyl sites for hydroxylation is 1. The highest BCUT2D eigenvalue weighted by atomic mass is 32.2. The number of hydrogen-bond donors (Lipinski definition) is 0. The van der Waals surface area contributed by atoms with E-state index in [0.29, 0.717) is 5.75 Å². The first kappa shape index (κ1) is 28.4. The average molecular weight is 574 g/mol. The molecule has 1 aliphatic heterocycles. The fraction of sp³-hybridized carbons (Fsp3) is 0.296. The second-order valence-electron chi connectivity index (χ2n) is 8.96. The molecule has 0 unspecified atom stereocenters. The molecule has 208 valence electrons. The van der Waals surface area contributed by atoms with Crippen molar-refractivity contribution in [3.63, 3.8) is 0 Å². The summed E-state index contributed by atoms with van der Waals surface area (Å²) in [5.41, 5.74) is 1.17. The van der Waals surface area contributed by atoms with Gasteiger partial charge in [0, 0.05) is 26.2 Å². The zero-order valence-electron chi connectivity index (χ0n) is 22.0. The molecule has 1 fully saturated rings. The molecular weight excluding hydrogens is 542 g/mol. The Balaban J connectivity index is 1.55. The molecule has 0 radical (unpaired) electrons. The number of carbonyl (C=O) groups excluding carboxylic acids is 1. The van der Waals surface area contributed by atoms with Gasteiger partial charge in [-0.3, -0.25) is 9.10 Å². The van der Waals surface area contributed by atoms with E-state index in [2.05, 4.69) is 0 Å². The van der Waals surface area contributed by atoms with Crippen LogP contribution in [0.1, 0.15) is 5.56 Å². The van der Waals surface area contributed by atoms with Gasteiger partial charge in [0.05, 0.1) is 29.7 Å². The van der Waals surface area contributed by atoms with Gasteiger partial charge in [0.15, 0.2) is 0 Å². The number of benzene rings is 3. The largest absolute Gasteiger partial charge is 0.497 e. The molecule has 0 saturated carbocycles. The lowest BCUT2D eigenvalue weighted by molar-refractivity contribution is -0.130. The minimum Gasteiger partial charge on any atom is -0.497 e. The maximum atomic E-state index is 13.8. The number of methoxy groups -OCH3 is 2. The fourth-order valence-electron chi connectivity index (χ4n) is 4.27. The summed E-state index contributed by atoms with van der Waals surface area (Å²) < 4.78 is 66.5. The van der Waals surface area contributed by atoms with Crippen LogP contribution in [-0.2, 0) is 24.8 Å². The van der Waals surface area contributed by atoms with Gasteiger partial charge < -0.3 is 14.4 Å². The van der Waals surface area contributed by atoms with Crippen molar-refractivity contribution in [2.45, 2.75) is 16.7 Å².